The number of carbonyl (C=O) groups is 1. The minimum atomic E-state index is -0.253. The summed E-state index contributed by atoms with van der Waals surface area (Å²) in [6, 6.07) is 19.2. The number of nitrogens with one attached hydrogen (secondary N) is 2. The van der Waals surface area contributed by atoms with Crippen molar-refractivity contribution in [1.29, 1.82) is 0 Å². The van der Waals surface area contributed by atoms with E-state index < -0.39 is 0 Å². The van der Waals surface area contributed by atoms with E-state index in [4.69, 9.17) is 4.74 Å². The number of nitrogens with zero attached hydrogens (tertiary/aromatic N) is 1. The monoisotopic (exact) mass is 375 g/mol. The quantitative estimate of drug-likeness (QED) is 0.607. The summed E-state index contributed by atoms with van der Waals surface area (Å²) in [5.41, 5.74) is 4.31. The summed E-state index contributed by atoms with van der Waals surface area (Å²) in [6.07, 6.45) is 1.74. The van der Waals surface area contributed by atoms with E-state index >= 15 is 0 Å². The van der Waals surface area contributed by atoms with Crippen molar-refractivity contribution in [3.05, 3.63) is 83.7 Å². The van der Waals surface area contributed by atoms with E-state index in [9.17, 15) is 4.79 Å². The molecule has 5 heteroatoms. The van der Waals surface area contributed by atoms with E-state index in [2.05, 4.69) is 40.7 Å². The second-order valence-corrected chi connectivity index (χ2v) is 6.92. The number of aromatic nitrogens is 1. The molecule has 0 atom stereocenters. The molecule has 3 rings (SSSR count). The van der Waals surface area contributed by atoms with Gasteiger partial charge in [-0.05, 0) is 62.7 Å². The number of hydrogen-bond acceptors (Lipinski definition) is 4. The Kier molecular flexibility index (Phi) is 6.27. The molecule has 144 valence electrons. The van der Waals surface area contributed by atoms with E-state index in [1.54, 1.807) is 12.3 Å². The van der Waals surface area contributed by atoms with Crippen LogP contribution in [0.25, 0.3) is 0 Å². The zero-order valence-corrected chi connectivity index (χ0v) is 16.4. The molecule has 1 amide bonds. The molecule has 1 aromatic heterocycles. The first-order valence-corrected chi connectivity index (χ1v) is 9.33. The Morgan fingerprint density at radius 2 is 1.82 bits per heavy atom. The number of ether oxygens (including phenoxy) is 1. The number of aryl methyl sites for hydroxylation is 1. The molecular formula is C23H25N3O2. The van der Waals surface area contributed by atoms with Crippen LogP contribution in [0, 0.1) is 6.92 Å². The molecule has 28 heavy (non-hydrogen) atoms. The average molecular weight is 375 g/mol. The minimum Gasteiger partial charge on any atom is -0.491 e. The molecule has 0 saturated carbocycles. The highest BCUT2D eigenvalue weighted by atomic mass is 16.5. The Bertz CT molecular complexity index is 937. The molecule has 2 aromatic carbocycles. The SMILES string of the molecule is Cc1cccc(CNc2ccnc(C(=O)Nc3ccc(OC(C)C)cc3)c2)c1. The van der Waals surface area contributed by atoms with Crippen molar-refractivity contribution in [3.63, 3.8) is 0 Å². The molecule has 0 unspecified atom stereocenters. The number of anilines is 2. The zero-order valence-electron chi connectivity index (χ0n) is 16.4. The zero-order chi connectivity index (χ0) is 19.9. The molecule has 0 aliphatic carbocycles. The fourth-order valence-electron chi connectivity index (χ4n) is 2.78. The first-order chi connectivity index (χ1) is 13.5. The summed E-state index contributed by atoms with van der Waals surface area (Å²) in [5, 5.41) is 6.20. The Balaban J connectivity index is 1.61. The molecule has 2 N–H and O–H groups in total. The maximum atomic E-state index is 12.5. The summed E-state index contributed by atoms with van der Waals surface area (Å²) >= 11 is 0. The Morgan fingerprint density at radius 3 is 2.54 bits per heavy atom. The molecule has 0 radical (unpaired) electrons. The molecule has 3 aromatic rings. The van der Waals surface area contributed by atoms with Crippen molar-refractivity contribution in [2.24, 2.45) is 0 Å². The fourth-order valence-corrected chi connectivity index (χ4v) is 2.78. The molecule has 1 heterocycles. The topological polar surface area (TPSA) is 63.2 Å². The molecule has 5 nitrogen and oxygen atoms in total. The van der Waals surface area contributed by atoms with E-state index in [1.165, 1.54) is 11.1 Å². The highest BCUT2D eigenvalue weighted by Crippen LogP contribution is 2.18. The smallest absolute Gasteiger partial charge is 0.274 e. The standard InChI is InChI=1S/C23H25N3O2/c1-16(2)28-21-9-7-19(8-10-21)26-23(27)22-14-20(11-12-24-22)25-15-18-6-4-5-17(3)13-18/h4-14,16H,15H2,1-3H3,(H,24,25)(H,26,27). The van der Waals surface area contributed by atoms with Crippen LogP contribution in [0.5, 0.6) is 5.75 Å². The number of rotatable bonds is 7. The average Bonchev–Trinajstić information content (AvgIpc) is 2.68. The molecule has 0 bridgehead atoms. The van der Waals surface area contributed by atoms with Crippen LogP contribution < -0.4 is 15.4 Å². The lowest BCUT2D eigenvalue weighted by Crippen LogP contribution is -2.14. The van der Waals surface area contributed by atoms with Gasteiger partial charge in [0.2, 0.25) is 0 Å². The number of benzene rings is 2. The second kappa shape index (κ2) is 9.04. The summed E-state index contributed by atoms with van der Waals surface area (Å²) in [6.45, 7) is 6.70. The van der Waals surface area contributed by atoms with Crippen molar-refractivity contribution >= 4 is 17.3 Å². The van der Waals surface area contributed by atoms with Gasteiger partial charge in [-0.2, -0.15) is 0 Å². The van der Waals surface area contributed by atoms with E-state index in [1.807, 2.05) is 50.2 Å². The third kappa shape index (κ3) is 5.58. The predicted molar refractivity (Wildman–Crippen MR) is 113 cm³/mol. The van der Waals surface area contributed by atoms with E-state index in [0.717, 1.165) is 11.4 Å². The third-order valence-electron chi connectivity index (χ3n) is 4.06. The highest BCUT2D eigenvalue weighted by Gasteiger charge is 2.09. The van der Waals surface area contributed by atoms with Gasteiger partial charge in [0.05, 0.1) is 6.10 Å². The van der Waals surface area contributed by atoms with Gasteiger partial charge in [-0.1, -0.05) is 29.8 Å². The highest BCUT2D eigenvalue weighted by molar-refractivity contribution is 6.03. The maximum Gasteiger partial charge on any atom is 0.274 e. The first-order valence-electron chi connectivity index (χ1n) is 9.33. The lowest BCUT2D eigenvalue weighted by molar-refractivity contribution is 0.102. The number of hydrogen-bond donors (Lipinski definition) is 2. The van der Waals surface area contributed by atoms with Crippen LogP contribution in [-0.4, -0.2) is 17.0 Å². The van der Waals surface area contributed by atoms with Crippen molar-refractivity contribution in [2.75, 3.05) is 10.6 Å². The number of amides is 1. The summed E-state index contributed by atoms with van der Waals surface area (Å²) in [4.78, 5) is 16.7. The lowest BCUT2D eigenvalue weighted by Gasteiger charge is -2.11. The number of pyridine rings is 1. The van der Waals surface area contributed by atoms with Crippen LogP contribution in [0.2, 0.25) is 0 Å². The summed E-state index contributed by atoms with van der Waals surface area (Å²) in [5.74, 6) is 0.519. The molecule has 0 aliphatic heterocycles. The van der Waals surface area contributed by atoms with Crippen molar-refractivity contribution in [3.8, 4) is 5.75 Å². The van der Waals surface area contributed by atoms with Crippen LogP contribution in [-0.2, 0) is 6.54 Å². The van der Waals surface area contributed by atoms with Gasteiger partial charge in [0.1, 0.15) is 11.4 Å². The van der Waals surface area contributed by atoms with Gasteiger partial charge >= 0.3 is 0 Å². The van der Waals surface area contributed by atoms with Crippen molar-refractivity contribution in [2.45, 2.75) is 33.4 Å². The largest absolute Gasteiger partial charge is 0.491 e. The van der Waals surface area contributed by atoms with Gasteiger partial charge < -0.3 is 15.4 Å². The van der Waals surface area contributed by atoms with Gasteiger partial charge in [0.15, 0.2) is 0 Å². The predicted octanol–water partition coefficient (Wildman–Crippen LogP) is 5.04. The Morgan fingerprint density at radius 1 is 1.04 bits per heavy atom. The van der Waals surface area contributed by atoms with E-state index in [-0.39, 0.29) is 12.0 Å². The van der Waals surface area contributed by atoms with Crippen LogP contribution in [0.4, 0.5) is 11.4 Å². The Hall–Kier alpha value is -3.34. The molecule has 0 fully saturated rings. The number of carbonyl (C=O) groups excluding carboxylic acids is 1. The van der Waals surface area contributed by atoms with Crippen LogP contribution >= 0.6 is 0 Å². The molecule has 0 spiro atoms. The van der Waals surface area contributed by atoms with Gasteiger partial charge in [-0.3, -0.25) is 9.78 Å². The van der Waals surface area contributed by atoms with Crippen molar-refractivity contribution < 1.29 is 9.53 Å². The fraction of sp³-hybridized carbons (Fsp3) is 0.217. The molecule has 0 aliphatic rings. The van der Waals surface area contributed by atoms with Gasteiger partial charge in [0, 0.05) is 24.1 Å². The van der Waals surface area contributed by atoms with Crippen LogP contribution in [0.15, 0.2) is 66.9 Å². The molecular weight excluding hydrogens is 350 g/mol. The first kappa shape index (κ1) is 19.4. The lowest BCUT2D eigenvalue weighted by atomic mass is 10.1. The minimum absolute atomic E-state index is 0.111. The normalized spacial score (nSPS) is 10.6. The Labute approximate surface area is 165 Å². The van der Waals surface area contributed by atoms with Gasteiger partial charge in [-0.25, -0.2) is 0 Å². The second-order valence-electron chi connectivity index (χ2n) is 6.92. The summed E-state index contributed by atoms with van der Waals surface area (Å²) < 4.78 is 5.61. The summed E-state index contributed by atoms with van der Waals surface area (Å²) in [7, 11) is 0. The van der Waals surface area contributed by atoms with Gasteiger partial charge in [-0.15, -0.1) is 0 Å². The maximum absolute atomic E-state index is 12.5. The van der Waals surface area contributed by atoms with E-state index in [0.29, 0.717) is 17.9 Å². The van der Waals surface area contributed by atoms with Crippen LogP contribution in [0.1, 0.15) is 35.5 Å². The van der Waals surface area contributed by atoms with Crippen molar-refractivity contribution in [1.82, 2.24) is 4.98 Å². The van der Waals surface area contributed by atoms with Crippen LogP contribution in [0.3, 0.4) is 0 Å². The third-order valence-corrected chi connectivity index (χ3v) is 4.06. The van der Waals surface area contributed by atoms with Gasteiger partial charge in [0.25, 0.3) is 5.91 Å². The molecule has 0 saturated heterocycles.